The summed E-state index contributed by atoms with van der Waals surface area (Å²) in [6, 6.07) is 14.2. The number of alkyl halides is 3. The lowest BCUT2D eigenvalue weighted by atomic mass is 10.0. The molecule has 0 saturated heterocycles. The number of halogens is 3. The number of para-hydroxylation sites is 1. The number of carbonyl (C=O) groups excluding carboxylic acids is 1. The molecular weight excluding hydrogens is 467 g/mol. The van der Waals surface area contributed by atoms with Gasteiger partial charge in [-0.15, -0.1) is 0 Å². The number of phenolic OH excluding ortho intramolecular Hbond substituents is 1. The summed E-state index contributed by atoms with van der Waals surface area (Å²) in [6.07, 6.45) is -4.52. The maximum Gasteiger partial charge on any atom is 0.449 e. The average Bonchev–Trinajstić information content (AvgIpc) is 3.58. The van der Waals surface area contributed by atoms with Gasteiger partial charge in [0, 0.05) is 18.9 Å². The molecule has 2 aliphatic heterocycles. The van der Waals surface area contributed by atoms with E-state index < -0.39 is 11.9 Å². The molecule has 0 fully saturated rings. The van der Waals surface area contributed by atoms with Crippen molar-refractivity contribution in [1.29, 1.82) is 0 Å². The van der Waals surface area contributed by atoms with Crippen LogP contribution >= 0.6 is 0 Å². The first kappa shape index (κ1) is 27.6. The van der Waals surface area contributed by atoms with Gasteiger partial charge >= 0.3 is 6.18 Å². The molecule has 0 bridgehead atoms. The van der Waals surface area contributed by atoms with Crippen LogP contribution < -0.4 is 14.4 Å². The van der Waals surface area contributed by atoms with Crippen LogP contribution in [0.2, 0.25) is 0 Å². The van der Waals surface area contributed by atoms with Crippen LogP contribution in [0.1, 0.15) is 43.8 Å². The highest BCUT2D eigenvalue weighted by Crippen LogP contribution is 2.38. The molecule has 1 unspecified atom stereocenters. The number of aliphatic hydroxyl groups is 1. The topological polar surface area (TPSA) is 92.4 Å². The van der Waals surface area contributed by atoms with Crippen LogP contribution in [0.15, 0.2) is 59.0 Å². The van der Waals surface area contributed by atoms with Crippen molar-refractivity contribution in [2.24, 2.45) is 0 Å². The fourth-order valence-corrected chi connectivity index (χ4v) is 3.40. The van der Waals surface area contributed by atoms with Gasteiger partial charge in [0.15, 0.2) is 11.5 Å². The zero-order valence-corrected chi connectivity index (χ0v) is 19.8. The lowest BCUT2D eigenvalue weighted by molar-refractivity contribution is -0.153. The van der Waals surface area contributed by atoms with Crippen molar-refractivity contribution < 1.29 is 42.1 Å². The number of aromatic hydroxyl groups is 1. The Morgan fingerprint density at radius 3 is 2.31 bits per heavy atom. The van der Waals surface area contributed by atoms with Crippen molar-refractivity contribution in [3.63, 3.8) is 0 Å². The van der Waals surface area contributed by atoms with E-state index in [9.17, 15) is 18.0 Å². The lowest BCUT2D eigenvalue weighted by Gasteiger charge is -2.16. The number of amides is 1. The Bertz CT molecular complexity index is 1110. The Kier molecular flexibility index (Phi) is 9.59. The third-order valence-electron chi connectivity index (χ3n) is 4.94. The maximum atomic E-state index is 12.5. The molecule has 190 valence electrons. The van der Waals surface area contributed by atoms with Crippen LogP contribution in [-0.4, -0.2) is 30.0 Å². The average molecular weight is 495 g/mol. The summed E-state index contributed by atoms with van der Waals surface area (Å²) < 4.78 is 52.4. The molecule has 0 saturated carbocycles. The van der Waals surface area contributed by atoms with Crippen molar-refractivity contribution in [2.75, 3.05) is 18.8 Å². The molecule has 0 aliphatic carbocycles. The van der Waals surface area contributed by atoms with Crippen molar-refractivity contribution in [3.8, 4) is 17.2 Å². The number of hydrogen-bond donors (Lipinski definition) is 2. The number of nitrogens with zero attached hydrogens (tertiary/aromatic N) is 1. The summed E-state index contributed by atoms with van der Waals surface area (Å²) in [5.41, 5.74) is 1.60. The van der Waals surface area contributed by atoms with Crippen LogP contribution in [0, 0.1) is 0 Å². The van der Waals surface area contributed by atoms with Crippen molar-refractivity contribution in [2.45, 2.75) is 39.4 Å². The van der Waals surface area contributed by atoms with Gasteiger partial charge in [-0.05, 0) is 42.8 Å². The molecule has 1 aromatic heterocycles. The van der Waals surface area contributed by atoms with Crippen molar-refractivity contribution >= 4 is 11.6 Å². The lowest BCUT2D eigenvalue weighted by Crippen LogP contribution is -2.27. The van der Waals surface area contributed by atoms with Gasteiger partial charge in [0.1, 0.15) is 11.5 Å². The quantitative estimate of drug-likeness (QED) is 0.474. The molecule has 0 spiro atoms. The number of rotatable bonds is 2. The van der Waals surface area contributed by atoms with Gasteiger partial charge in [-0.1, -0.05) is 32.0 Å². The highest BCUT2D eigenvalue weighted by molar-refractivity contribution is 6.04. The number of anilines is 1. The summed E-state index contributed by atoms with van der Waals surface area (Å²) in [7, 11) is 1.00. The van der Waals surface area contributed by atoms with Gasteiger partial charge in [0.25, 0.3) is 0 Å². The molecule has 35 heavy (non-hydrogen) atoms. The van der Waals surface area contributed by atoms with Crippen LogP contribution in [0.3, 0.4) is 0 Å². The summed E-state index contributed by atoms with van der Waals surface area (Å²) in [5, 5.41) is 16.0. The van der Waals surface area contributed by atoms with Gasteiger partial charge < -0.3 is 29.0 Å². The Morgan fingerprint density at radius 1 is 1.00 bits per heavy atom. The zero-order valence-electron chi connectivity index (χ0n) is 19.8. The number of fused-ring (bicyclic) bond motifs is 2. The number of furan rings is 1. The van der Waals surface area contributed by atoms with Crippen LogP contribution in [0.4, 0.5) is 18.9 Å². The summed E-state index contributed by atoms with van der Waals surface area (Å²) in [5.74, 6) is 0.131. The molecule has 0 radical (unpaired) electrons. The minimum atomic E-state index is -4.52. The van der Waals surface area contributed by atoms with Crippen molar-refractivity contribution in [1.82, 2.24) is 0 Å². The Hall–Kier alpha value is -3.66. The predicted octanol–water partition coefficient (Wildman–Crippen LogP) is 5.70. The second-order valence-corrected chi connectivity index (χ2v) is 7.01. The highest BCUT2D eigenvalue weighted by atomic mass is 19.4. The standard InChI is InChI=1S/C15H12F3NO2.C7H6O3.C2H6.CH4O/c1-9-11-4-2-3-5-12(11)19(14(9)20)8-10-6-7-13(21-10)15(16,17)18;8-5-1-2-6-7(3-5)10-4-9-6;2*1-2/h2-7,9H,8H2,1H3;1-3,8H,4H2;1-2H3;2H,1H3. The van der Waals surface area contributed by atoms with Crippen LogP contribution in [-0.2, 0) is 17.5 Å². The predicted molar refractivity (Wildman–Crippen MR) is 123 cm³/mol. The van der Waals surface area contributed by atoms with Gasteiger partial charge in [-0.25, -0.2) is 0 Å². The number of phenols is 1. The van der Waals surface area contributed by atoms with E-state index in [2.05, 4.69) is 0 Å². The number of benzene rings is 2. The van der Waals surface area contributed by atoms with E-state index in [0.717, 1.165) is 24.4 Å². The fourth-order valence-electron chi connectivity index (χ4n) is 3.40. The minimum absolute atomic E-state index is 0.00370. The Labute approximate surface area is 201 Å². The Balaban J connectivity index is 0.000000257. The smallest absolute Gasteiger partial charge is 0.449 e. The molecule has 3 aromatic rings. The number of aliphatic hydroxyl groups excluding tert-OH is 1. The first-order chi connectivity index (χ1) is 16.7. The van der Waals surface area contributed by atoms with E-state index in [1.54, 1.807) is 31.2 Å². The Morgan fingerprint density at radius 2 is 1.66 bits per heavy atom. The molecule has 5 rings (SSSR count). The monoisotopic (exact) mass is 495 g/mol. The first-order valence-electron chi connectivity index (χ1n) is 10.8. The third-order valence-corrected chi connectivity index (χ3v) is 4.94. The molecular formula is C25H28F3NO6. The molecule has 1 amide bonds. The molecule has 3 heterocycles. The summed E-state index contributed by atoms with van der Waals surface area (Å²) in [6.45, 7) is 6.03. The SMILES string of the molecule is CC.CC1C(=O)N(Cc2ccc(C(F)(F)F)o2)c2ccccc21.CO.Oc1ccc2c(c1)OCO2. The molecule has 2 N–H and O–H groups in total. The normalized spacial score (nSPS) is 15.1. The van der Waals surface area contributed by atoms with Crippen LogP contribution in [0.5, 0.6) is 17.2 Å². The van der Waals surface area contributed by atoms with Gasteiger partial charge in [0.05, 0.1) is 12.5 Å². The van der Waals surface area contributed by atoms with Gasteiger partial charge in [-0.2, -0.15) is 13.2 Å². The molecule has 2 aliphatic rings. The second kappa shape index (κ2) is 12.2. The molecule has 2 aromatic carbocycles. The van der Waals surface area contributed by atoms with E-state index >= 15 is 0 Å². The summed E-state index contributed by atoms with van der Waals surface area (Å²) in [4.78, 5) is 13.7. The fraction of sp³-hybridized carbons (Fsp3) is 0.320. The second-order valence-electron chi connectivity index (χ2n) is 7.01. The highest BCUT2D eigenvalue weighted by Gasteiger charge is 2.37. The van der Waals surface area contributed by atoms with E-state index in [0.29, 0.717) is 11.5 Å². The minimum Gasteiger partial charge on any atom is -0.508 e. The number of ether oxygens (including phenoxy) is 2. The van der Waals surface area contributed by atoms with Crippen LogP contribution in [0.25, 0.3) is 0 Å². The summed E-state index contributed by atoms with van der Waals surface area (Å²) >= 11 is 0. The third kappa shape index (κ3) is 6.48. The van der Waals surface area contributed by atoms with E-state index in [4.69, 9.17) is 24.1 Å². The molecule has 1 atom stereocenters. The maximum absolute atomic E-state index is 12.5. The largest absolute Gasteiger partial charge is 0.508 e. The van der Waals surface area contributed by atoms with Crippen molar-refractivity contribution in [3.05, 3.63) is 71.7 Å². The van der Waals surface area contributed by atoms with E-state index in [1.165, 1.54) is 17.0 Å². The number of carbonyl (C=O) groups is 1. The zero-order chi connectivity index (χ0) is 26.2. The van der Waals surface area contributed by atoms with Gasteiger partial charge in [0.2, 0.25) is 18.5 Å². The number of hydrogen-bond acceptors (Lipinski definition) is 6. The van der Waals surface area contributed by atoms with Gasteiger partial charge in [-0.3, -0.25) is 4.79 Å². The first-order valence-corrected chi connectivity index (χ1v) is 10.8. The molecule has 10 heteroatoms. The molecule has 7 nitrogen and oxygen atoms in total. The van der Waals surface area contributed by atoms with E-state index in [1.807, 2.05) is 26.0 Å². The van der Waals surface area contributed by atoms with E-state index in [-0.39, 0.29) is 36.7 Å².